The van der Waals surface area contributed by atoms with Crippen LogP contribution in [-0.2, 0) is 4.79 Å². The highest BCUT2D eigenvalue weighted by Crippen LogP contribution is 2.34. The first-order chi connectivity index (χ1) is 6.29. The number of hydrogen-bond acceptors (Lipinski definition) is 3. The minimum atomic E-state index is -0.736. The van der Waals surface area contributed by atoms with Crippen molar-refractivity contribution in [3.63, 3.8) is 0 Å². The lowest BCUT2D eigenvalue weighted by molar-refractivity contribution is -0.142. The summed E-state index contributed by atoms with van der Waals surface area (Å²) in [6, 6.07) is -0.0486. The molecule has 5 heteroatoms. The van der Waals surface area contributed by atoms with Crippen molar-refractivity contribution in [1.29, 1.82) is 0 Å². The number of nitrogens with zero attached hydrogens (tertiary/aromatic N) is 3. The molecule has 1 fully saturated rings. The predicted octanol–water partition coefficient (Wildman–Crippen LogP) is 0.704. The number of carboxylic acids is 1. The summed E-state index contributed by atoms with van der Waals surface area (Å²) < 4.78 is 0. The van der Waals surface area contributed by atoms with Gasteiger partial charge in [0.15, 0.2) is 0 Å². The van der Waals surface area contributed by atoms with E-state index in [0.29, 0.717) is 0 Å². The molecule has 0 aliphatic heterocycles. The van der Waals surface area contributed by atoms with Crippen LogP contribution in [0.5, 0.6) is 0 Å². The topological polar surface area (TPSA) is 68.0 Å². The van der Waals surface area contributed by atoms with E-state index in [0.717, 1.165) is 19.3 Å². The quantitative estimate of drug-likeness (QED) is 0.729. The van der Waals surface area contributed by atoms with E-state index < -0.39 is 5.97 Å². The molecule has 1 aliphatic carbocycles. The maximum absolute atomic E-state index is 10.8. The maximum atomic E-state index is 10.8. The molecule has 1 aliphatic rings. The molecule has 2 unspecified atom stereocenters. The minimum absolute atomic E-state index is 0.0486. The Balaban J connectivity index is 2.19. The van der Waals surface area contributed by atoms with E-state index in [2.05, 4.69) is 10.2 Å². The molecule has 5 nitrogen and oxygen atoms in total. The second-order valence-electron chi connectivity index (χ2n) is 3.29. The van der Waals surface area contributed by atoms with E-state index in [9.17, 15) is 4.79 Å². The molecule has 2 rings (SSSR count). The molecule has 0 radical (unpaired) electrons. The highest BCUT2D eigenvalue weighted by atomic mass is 16.4. The zero-order valence-corrected chi connectivity index (χ0v) is 7.13. The third-order valence-corrected chi connectivity index (χ3v) is 2.53. The van der Waals surface area contributed by atoms with Crippen molar-refractivity contribution in [3.8, 4) is 0 Å². The molecular weight excluding hydrogens is 170 g/mol. The van der Waals surface area contributed by atoms with Gasteiger partial charge in [0.1, 0.15) is 0 Å². The SMILES string of the molecule is O=C(O)C1CCCC1n1nccn1. The Morgan fingerprint density at radius 3 is 2.69 bits per heavy atom. The number of carboxylic acid groups (broad SMARTS) is 1. The average Bonchev–Trinajstić information content (AvgIpc) is 2.74. The van der Waals surface area contributed by atoms with Crippen LogP contribution in [0, 0.1) is 5.92 Å². The van der Waals surface area contributed by atoms with Crippen LogP contribution in [0.25, 0.3) is 0 Å². The van der Waals surface area contributed by atoms with Crippen molar-refractivity contribution in [2.24, 2.45) is 5.92 Å². The summed E-state index contributed by atoms with van der Waals surface area (Å²) in [6.45, 7) is 0. The summed E-state index contributed by atoms with van der Waals surface area (Å²) >= 11 is 0. The molecule has 0 amide bonds. The van der Waals surface area contributed by atoms with Gasteiger partial charge in [-0.1, -0.05) is 6.42 Å². The lowest BCUT2D eigenvalue weighted by Gasteiger charge is -2.13. The number of carbonyl (C=O) groups is 1. The first-order valence-corrected chi connectivity index (χ1v) is 4.37. The average molecular weight is 181 g/mol. The first-order valence-electron chi connectivity index (χ1n) is 4.37. The Morgan fingerprint density at radius 2 is 2.08 bits per heavy atom. The predicted molar refractivity (Wildman–Crippen MR) is 44.0 cm³/mol. The molecule has 1 heterocycles. The van der Waals surface area contributed by atoms with Gasteiger partial charge in [-0.2, -0.15) is 15.0 Å². The van der Waals surface area contributed by atoms with E-state index in [1.807, 2.05) is 0 Å². The Morgan fingerprint density at radius 1 is 1.38 bits per heavy atom. The molecular formula is C8H11N3O2. The number of rotatable bonds is 2. The van der Waals surface area contributed by atoms with Crippen LogP contribution < -0.4 is 0 Å². The lowest BCUT2D eigenvalue weighted by Crippen LogP contribution is -2.23. The van der Waals surface area contributed by atoms with Crippen LogP contribution in [0.1, 0.15) is 25.3 Å². The Kier molecular flexibility index (Phi) is 2.00. The molecule has 13 heavy (non-hydrogen) atoms. The fourth-order valence-corrected chi connectivity index (χ4v) is 1.90. The largest absolute Gasteiger partial charge is 0.481 e. The van der Waals surface area contributed by atoms with E-state index >= 15 is 0 Å². The van der Waals surface area contributed by atoms with Gasteiger partial charge in [0.25, 0.3) is 0 Å². The molecule has 0 saturated heterocycles. The number of aliphatic carboxylic acids is 1. The smallest absolute Gasteiger partial charge is 0.308 e. The van der Waals surface area contributed by atoms with Gasteiger partial charge < -0.3 is 5.11 Å². The van der Waals surface area contributed by atoms with Crippen LogP contribution in [0.15, 0.2) is 12.4 Å². The third-order valence-electron chi connectivity index (χ3n) is 2.53. The van der Waals surface area contributed by atoms with Crippen LogP contribution in [0.4, 0.5) is 0 Å². The Bertz CT molecular complexity index is 296. The molecule has 1 N–H and O–H groups in total. The van der Waals surface area contributed by atoms with Crippen molar-refractivity contribution >= 4 is 5.97 Å². The molecule has 0 bridgehead atoms. The minimum Gasteiger partial charge on any atom is -0.481 e. The van der Waals surface area contributed by atoms with Gasteiger partial charge in [0.05, 0.1) is 24.4 Å². The van der Waals surface area contributed by atoms with Crippen LogP contribution in [0.2, 0.25) is 0 Å². The van der Waals surface area contributed by atoms with Crippen molar-refractivity contribution in [1.82, 2.24) is 15.0 Å². The fraction of sp³-hybridized carbons (Fsp3) is 0.625. The van der Waals surface area contributed by atoms with Gasteiger partial charge in [-0.3, -0.25) is 4.79 Å². The standard InChI is InChI=1S/C8H11N3O2/c12-8(13)6-2-1-3-7(6)11-9-4-5-10-11/h4-7H,1-3H2,(H,12,13). The van der Waals surface area contributed by atoms with E-state index in [1.165, 1.54) is 4.80 Å². The highest BCUT2D eigenvalue weighted by Gasteiger charge is 2.35. The Labute approximate surface area is 75.4 Å². The molecule has 0 aromatic carbocycles. The van der Waals surface area contributed by atoms with Gasteiger partial charge in [-0.25, -0.2) is 0 Å². The van der Waals surface area contributed by atoms with Gasteiger partial charge >= 0.3 is 5.97 Å². The molecule has 0 spiro atoms. The van der Waals surface area contributed by atoms with Crippen molar-refractivity contribution in [3.05, 3.63) is 12.4 Å². The summed E-state index contributed by atoms with van der Waals surface area (Å²) in [4.78, 5) is 12.4. The van der Waals surface area contributed by atoms with Crippen molar-refractivity contribution < 1.29 is 9.90 Å². The Hall–Kier alpha value is -1.39. The maximum Gasteiger partial charge on any atom is 0.308 e. The number of aromatic nitrogens is 3. The summed E-state index contributed by atoms with van der Waals surface area (Å²) in [5.41, 5.74) is 0. The molecule has 1 aromatic rings. The monoisotopic (exact) mass is 181 g/mol. The lowest BCUT2D eigenvalue weighted by atomic mass is 10.1. The summed E-state index contributed by atoms with van der Waals surface area (Å²) in [6.07, 6.45) is 5.71. The number of hydrogen-bond donors (Lipinski definition) is 1. The van der Waals surface area contributed by atoms with E-state index in [4.69, 9.17) is 5.11 Å². The van der Waals surface area contributed by atoms with Crippen LogP contribution in [-0.4, -0.2) is 26.1 Å². The zero-order chi connectivity index (χ0) is 9.26. The highest BCUT2D eigenvalue weighted by molar-refractivity contribution is 5.70. The van der Waals surface area contributed by atoms with E-state index in [1.54, 1.807) is 12.4 Å². The zero-order valence-electron chi connectivity index (χ0n) is 7.13. The fourth-order valence-electron chi connectivity index (χ4n) is 1.90. The first kappa shape index (κ1) is 8.22. The van der Waals surface area contributed by atoms with Crippen molar-refractivity contribution in [2.45, 2.75) is 25.3 Å². The summed E-state index contributed by atoms with van der Waals surface area (Å²) in [7, 11) is 0. The van der Waals surface area contributed by atoms with Gasteiger partial charge in [0.2, 0.25) is 0 Å². The van der Waals surface area contributed by atoms with Crippen LogP contribution in [0.3, 0.4) is 0 Å². The van der Waals surface area contributed by atoms with Crippen LogP contribution >= 0.6 is 0 Å². The molecule has 2 atom stereocenters. The molecule has 1 aromatic heterocycles. The van der Waals surface area contributed by atoms with Crippen molar-refractivity contribution in [2.75, 3.05) is 0 Å². The second-order valence-corrected chi connectivity index (χ2v) is 3.29. The molecule has 1 saturated carbocycles. The van der Waals surface area contributed by atoms with Gasteiger partial charge in [0, 0.05) is 0 Å². The molecule has 70 valence electrons. The normalized spacial score (nSPS) is 27.7. The second kappa shape index (κ2) is 3.16. The summed E-state index contributed by atoms with van der Waals surface area (Å²) in [5, 5.41) is 16.9. The van der Waals surface area contributed by atoms with Gasteiger partial charge in [-0.05, 0) is 12.8 Å². The van der Waals surface area contributed by atoms with E-state index in [-0.39, 0.29) is 12.0 Å². The summed E-state index contributed by atoms with van der Waals surface area (Å²) in [5.74, 6) is -1.05. The third kappa shape index (κ3) is 1.41. The van der Waals surface area contributed by atoms with Gasteiger partial charge in [-0.15, -0.1) is 0 Å².